The van der Waals surface area contributed by atoms with Crippen molar-refractivity contribution in [1.29, 1.82) is 0 Å². The van der Waals surface area contributed by atoms with Crippen molar-refractivity contribution in [3.63, 3.8) is 0 Å². The van der Waals surface area contributed by atoms with Gasteiger partial charge in [0.1, 0.15) is 5.82 Å². The van der Waals surface area contributed by atoms with Gasteiger partial charge in [-0.15, -0.1) is 6.58 Å². The largest absolute Gasteiger partial charge is 0.592 e. The Hall–Kier alpha value is -0.490. The molecule has 0 spiro atoms. The molecule has 0 fully saturated rings. The van der Waals surface area contributed by atoms with E-state index in [9.17, 15) is 8.94 Å². The van der Waals surface area contributed by atoms with E-state index >= 15 is 0 Å². The Morgan fingerprint density at radius 1 is 1.64 bits per heavy atom. The van der Waals surface area contributed by atoms with Gasteiger partial charge in [0, 0.05) is 18.0 Å². The Bertz CT molecular complexity index is 372. The minimum absolute atomic E-state index is 0.349. The van der Waals surface area contributed by atoms with Gasteiger partial charge in [-0.25, -0.2) is 4.39 Å². The first-order chi connectivity index (χ1) is 6.72. The van der Waals surface area contributed by atoms with Crippen LogP contribution in [0.5, 0.6) is 0 Å². The number of nitrogens with zero attached hydrogens (tertiary/aromatic N) is 1. The molecule has 5 heteroatoms. The van der Waals surface area contributed by atoms with Gasteiger partial charge < -0.3 is 4.55 Å². The average Bonchev–Trinajstić information content (AvgIpc) is 2.46. The highest BCUT2D eigenvalue weighted by Crippen LogP contribution is 2.41. The van der Waals surface area contributed by atoms with Crippen LogP contribution >= 0.6 is 11.9 Å². The van der Waals surface area contributed by atoms with Crippen molar-refractivity contribution < 1.29 is 8.94 Å². The number of rotatable bonds is 2. The highest BCUT2D eigenvalue weighted by molar-refractivity contribution is 8.11. The number of fused-ring (bicyclic) bond motifs is 1. The van der Waals surface area contributed by atoms with Crippen molar-refractivity contribution >= 4 is 23.3 Å². The van der Waals surface area contributed by atoms with Crippen molar-refractivity contribution in [3.05, 3.63) is 36.7 Å². The van der Waals surface area contributed by atoms with Gasteiger partial charge in [-0.05, 0) is 12.1 Å². The molecule has 1 aromatic carbocycles. The number of hydrogen-bond donors (Lipinski definition) is 0. The lowest BCUT2D eigenvalue weighted by atomic mass is 10.3. The van der Waals surface area contributed by atoms with Crippen LogP contribution in [0.2, 0.25) is 0 Å². The fraction of sp³-hybridized carbons (Fsp3) is 0.111. The topological polar surface area (TPSA) is 26.3 Å². The minimum Gasteiger partial charge on any atom is -0.592 e. The molecule has 0 radical (unpaired) electrons. The fourth-order valence-electron chi connectivity index (χ4n) is 1.16. The molecule has 74 valence electrons. The summed E-state index contributed by atoms with van der Waals surface area (Å²) in [5, 5.41) is 0. The zero-order valence-electron chi connectivity index (χ0n) is 7.27. The third kappa shape index (κ3) is 1.68. The van der Waals surface area contributed by atoms with Crippen LogP contribution in [0, 0.1) is 5.82 Å². The quantitative estimate of drug-likeness (QED) is 0.442. The molecule has 0 N–H and O–H groups in total. The molecule has 0 aromatic heterocycles. The Labute approximate surface area is 89.2 Å². The van der Waals surface area contributed by atoms with Crippen molar-refractivity contribution in [3.8, 4) is 0 Å². The van der Waals surface area contributed by atoms with E-state index in [-0.39, 0.29) is 5.82 Å². The summed E-state index contributed by atoms with van der Waals surface area (Å²) in [6.07, 6.45) is 1.67. The third-order valence-corrected chi connectivity index (χ3v) is 4.65. The van der Waals surface area contributed by atoms with Gasteiger partial charge in [-0.3, -0.25) is 0 Å². The van der Waals surface area contributed by atoms with Crippen LogP contribution in [0.1, 0.15) is 0 Å². The minimum atomic E-state index is -1.26. The summed E-state index contributed by atoms with van der Waals surface area (Å²) in [7, 11) is 0. The van der Waals surface area contributed by atoms with Gasteiger partial charge in [-0.2, -0.15) is 0 Å². The van der Waals surface area contributed by atoms with E-state index in [0.29, 0.717) is 11.4 Å². The Kier molecular flexibility index (Phi) is 2.83. The fourth-order valence-corrected chi connectivity index (χ4v) is 3.83. The van der Waals surface area contributed by atoms with Gasteiger partial charge in [0.05, 0.1) is 22.8 Å². The molecule has 1 atom stereocenters. The summed E-state index contributed by atoms with van der Waals surface area (Å²) in [4.78, 5) is 1.41. The Balaban J connectivity index is 2.31. The standard InChI is InChI=1S/C9H8FNOS2/c1-2-5-11-13-8-4-3-7(10)6-9(8)14(11)12/h2-4,6H,1,5H2. The number of hydrogen-bond acceptors (Lipinski definition) is 3. The molecule has 0 saturated carbocycles. The second kappa shape index (κ2) is 3.94. The highest BCUT2D eigenvalue weighted by atomic mass is 32.3. The van der Waals surface area contributed by atoms with Crippen molar-refractivity contribution in [2.24, 2.45) is 0 Å². The monoisotopic (exact) mass is 229 g/mol. The average molecular weight is 229 g/mol. The van der Waals surface area contributed by atoms with Gasteiger partial charge in [0.2, 0.25) is 0 Å². The maximum Gasteiger partial charge on any atom is 0.192 e. The van der Waals surface area contributed by atoms with Crippen LogP contribution in [0.3, 0.4) is 0 Å². The second-order valence-electron chi connectivity index (χ2n) is 2.74. The van der Waals surface area contributed by atoms with E-state index in [4.69, 9.17) is 0 Å². The predicted molar refractivity (Wildman–Crippen MR) is 55.6 cm³/mol. The number of benzene rings is 1. The van der Waals surface area contributed by atoms with E-state index in [0.717, 1.165) is 4.90 Å². The van der Waals surface area contributed by atoms with Crippen LogP contribution in [0.15, 0.2) is 40.6 Å². The molecule has 1 unspecified atom stereocenters. The molecule has 0 saturated heterocycles. The molecule has 1 aliphatic heterocycles. The Morgan fingerprint density at radius 3 is 3.14 bits per heavy atom. The van der Waals surface area contributed by atoms with Crippen molar-refractivity contribution in [1.82, 2.24) is 3.71 Å². The molecule has 1 heterocycles. The van der Waals surface area contributed by atoms with E-state index in [1.54, 1.807) is 15.9 Å². The summed E-state index contributed by atoms with van der Waals surface area (Å²) in [6.45, 7) is 4.10. The molecule has 2 nitrogen and oxygen atoms in total. The lowest BCUT2D eigenvalue weighted by Crippen LogP contribution is -2.19. The summed E-state index contributed by atoms with van der Waals surface area (Å²) >= 11 is 0.112. The summed E-state index contributed by atoms with van der Waals surface area (Å²) in [5.74, 6) is -0.349. The van der Waals surface area contributed by atoms with Gasteiger partial charge in [0.15, 0.2) is 4.90 Å². The van der Waals surface area contributed by atoms with E-state index < -0.39 is 11.4 Å². The van der Waals surface area contributed by atoms with Crippen LogP contribution in [-0.4, -0.2) is 14.8 Å². The lowest BCUT2D eigenvalue weighted by molar-refractivity contribution is 0.556. The SMILES string of the molecule is C=CCN1Sc2ccc(F)cc2[S+]1[O-]. The maximum atomic E-state index is 12.9. The summed E-state index contributed by atoms with van der Waals surface area (Å²) in [5.41, 5.74) is 0. The van der Waals surface area contributed by atoms with E-state index in [1.807, 2.05) is 0 Å². The zero-order valence-corrected chi connectivity index (χ0v) is 8.91. The summed E-state index contributed by atoms with van der Waals surface area (Å²) < 4.78 is 26.3. The maximum absolute atomic E-state index is 12.9. The van der Waals surface area contributed by atoms with Gasteiger partial charge >= 0.3 is 0 Å². The molecular weight excluding hydrogens is 221 g/mol. The first kappa shape index (κ1) is 10.0. The lowest BCUT2D eigenvalue weighted by Gasteiger charge is -2.11. The summed E-state index contributed by atoms with van der Waals surface area (Å²) in [6, 6.07) is 4.35. The second-order valence-corrected chi connectivity index (χ2v) is 5.41. The van der Waals surface area contributed by atoms with Crippen LogP contribution in [0.25, 0.3) is 0 Å². The van der Waals surface area contributed by atoms with E-state index in [2.05, 4.69) is 6.58 Å². The first-order valence-electron chi connectivity index (χ1n) is 4.00. The Morgan fingerprint density at radius 2 is 2.43 bits per heavy atom. The molecule has 1 aliphatic rings. The molecule has 14 heavy (non-hydrogen) atoms. The molecule has 0 aliphatic carbocycles. The van der Waals surface area contributed by atoms with E-state index in [1.165, 1.54) is 24.1 Å². The number of halogens is 1. The predicted octanol–water partition coefficient (Wildman–Crippen LogP) is 2.36. The molecule has 2 rings (SSSR count). The van der Waals surface area contributed by atoms with Crippen LogP contribution < -0.4 is 0 Å². The first-order valence-corrected chi connectivity index (χ1v) is 5.88. The third-order valence-electron chi connectivity index (χ3n) is 1.76. The van der Waals surface area contributed by atoms with Crippen molar-refractivity contribution in [2.45, 2.75) is 9.79 Å². The normalized spacial score (nSPS) is 20.9. The smallest absolute Gasteiger partial charge is 0.192 e. The molecule has 0 bridgehead atoms. The van der Waals surface area contributed by atoms with Crippen molar-refractivity contribution in [2.75, 3.05) is 6.54 Å². The van der Waals surface area contributed by atoms with Crippen LogP contribution in [-0.2, 0) is 11.4 Å². The molecule has 0 amide bonds. The molecular formula is C9H8FNOS2. The van der Waals surface area contributed by atoms with Crippen LogP contribution in [0.4, 0.5) is 4.39 Å². The molecule has 1 aromatic rings. The van der Waals surface area contributed by atoms with Gasteiger partial charge in [0.25, 0.3) is 0 Å². The highest BCUT2D eigenvalue weighted by Gasteiger charge is 2.34. The van der Waals surface area contributed by atoms with Gasteiger partial charge in [-0.1, -0.05) is 9.79 Å². The zero-order chi connectivity index (χ0) is 10.1.